The Bertz CT molecular complexity index is 361. The van der Waals surface area contributed by atoms with E-state index < -0.39 is 0 Å². The lowest BCUT2D eigenvalue weighted by Gasteiger charge is -2.13. The summed E-state index contributed by atoms with van der Waals surface area (Å²) in [6.45, 7) is 0.0496. The molecular weight excluding hydrogens is 204 g/mol. The summed E-state index contributed by atoms with van der Waals surface area (Å²) in [5.74, 6) is 0.0170. The Labute approximate surface area is 94.7 Å². The minimum absolute atomic E-state index is 0.0170. The highest BCUT2D eigenvalue weighted by molar-refractivity contribution is 5.77. The van der Waals surface area contributed by atoms with Gasteiger partial charge in [-0.25, -0.2) is 0 Å². The molecule has 1 fully saturated rings. The fourth-order valence-electron chi connectivity index (χ4n) is 1.64. The van der Waals surface area contributed by atoms with E-state index >= 15 is 0 Å². The molecule has 1 aromatic rings. The Kier molecular flexibility index (Phi) is 3.19. The van der Waals surface area contributed by atoms with Crippen molar-refractivity contribution in [2.75, 3.05) is 6.61 Å². The largest absolute Gasteiger partial charge is 0.394 e. The van der Waals surface area contributed by atoms with Crippen LogP contribution in [0.4, 0.5) is 0 Å². The molecule has 0 saturated heterocycles. The molecule has 0 aromatic carbocycles. The topological polar surface area (TPSA) is 62.2 Å². The molecule has 0 spiro atoms. The molecule has 0 atom stereocenters. The number of rotatable bonds is 5. The number of hydrogen-bond acceptors (Lipinski definition) is 3. The molecule has 0 unspecified atom stereocenters. The van der Waals surface area contributed by atoms with Crippen LogP contribution in [-0.4, -0.2) is 28.1 Å². The first-order valence-electron chi connectivity index (χ1n) is 5.55. The van der Waals surface area contributed by atoms with Crippen molar-refractivity contribution < 1.29 is 9.90 Å². The average Bonchev–Trinajstić information content (AvgIpc) is 3.08. The minimum atomic E-state index is -0.296. The predicted octanol–water partition coefficient (Wildman–Crippen LogP) is 0.655. The van der Waals surface area contributed by atoms with Crippen molar-refractivity contribution in [2.45, 2.75) is 31.2 Å². The molecule has 1 amide bonds. The van der Waals surface area contributed by atoms with Crippen molar-refractivity contribution in [2.24, 2.45) is 0 Å². The quantitative estimate of drug-likeness (QED) is 0.766. The molecule has 1 saturated carbocycles. The monoisotopic (exact) mass is 220 g/mol. The lowest BCUT2D eigenvalue weighted by atomic mass is 10.1. The Morgan fingerprint density at radius 3 is 2.69 bits per heavy atom. The molecule has 2 N–H and O–H groups in total. The van der Waals surface area contributed by atoms with Crippen LogP contribution in [0.25, 0.3) is 0 Å². The fourth-order valence-corrected chi connectivity index (χ4v) is 1.64. The third-order valence-electron chi connectivity index (χ3n) is 2.95. The van der Waals surface area contributed by atoms with E-state index in [2.05, 4.69) is 10.3 Å². The molecule has 1 aliphatic carbocycles. The van der Waals surface area contributed by atoms with Crippen molar-refractivity contribution in [1.29, 1.82) is 0 Å². The van der Waals surface area contributed by atoms with E-state index in [0.717, 1.165) is 24.8 Å². The van der Waals surface area contributed by atoms with Crippen LogP contribution in [0.2, 0.25) is 0 Å². The second-order valence-corrected chi connectivity index (χ2v) is 4.34. The number of carbonyl (C=O) groups excluding carboxylic acids is 1. The molecule has 86 valence electrons. The van der Waals surface area contributed by atoms with Crippen LogP contribution >= 0.6 is 0 Å². The van der Waals surface area contributed by atoms with E-state index in [4.69, 9.17) is 5.11 Å². The Morgan fingerprint density at radius 2 is 2.12 bits per heavy atom. The molecule has 4 nitrogen and oxygen atoms in total. The van der Waals surface area contributed by atoms with Gasteiger partial charge in [-0.2, -0.15) is 0 Å². The van der Waals surface area contributed by atoms with Gasteiger partial charge in [0.1, 0.15) is 0 Å². The second kappa shape index (κ2) is 4.61. The summed E-state index contributed by atoms with van der Waals surface area (Å²) in [6, 6.07) is 3.82. The van der Waals surface area contributed by atoms with Gasteiger partial charge >= 0.3 is 0 Å². The lowest BCUT2D eigenvalue weighted by Crippen LogP contribution is -2.39. The van der Waals surface area contributed by atoms with Gasteiger partial charge in [-0.05, 0) is 37.0 Å². The highest BCUT2D eigenvalue weighted by Crippen LogP contribution is 2.34. The zero-order valence-corrected chi connectivity index (χ0v) is 9.15. The first-order valence-corrected chi connectivity index (χ1v) is 5.55. The number of aryl methyl sites for hydroxylation is 1. The number of hydrogen-bond donors (Lipinski definition) is 2. The van der Waals surface area contributed by atoms with Crippen LogP contribution in [0.1, 0.15) is 24.8 Å². The number of nitrogens with zero attached hydrogens (tertiary/aromatic N) is 1. The number of aliphatic hydroxyl groups excluding tert-OH is 1. The Hall–Kier alpha value is -1.42. The van der Waals surface area contributed by atoms with Gasteiger partial charge < -0.3 is 10.4 Å². The van der Waals surface area contributed by atoms with Crippen molar-refractivity contribution >= 4 is 5.91 Å². The second-order valence-electron chi connectivity index (χ2n) is 4.34. The highest BCUT2D eigenvalue weighted by Gasteiger charge is 2.43. The molecule has 4 heteroatoms. The van der Waals surface area contributed by atoms with Crippen molar-refractivity contribution in [3.63, 3.8) is 0 Å². The first-order chi connectivity index (χ1) is 7.74. The fraction of sp³-hybridized carbons (Fsp3) is 0.500. The molecule has 0 aliphatic heterocycles. The van der Waals surface area contributed by atoms with Gasteiger partial charge in [-0.3, -0.25) is 9.78 Å². The third-order valence-corrected chi connectivity index (χ3v) is 2.95. The minimum Gasteiger partial charge on any atom is -0.394 e. The molecule has 16 heavy (non-hydrogen) atoms. The van der Waals surface area contributed by atoms with E-state index in [9.17, 15) is 4.79 Å². The van der Waals surface area contributed by atoms with Crippen LogP contribution in [0.15, 0.2) is 24.5 Å². The summed E-state index contributed by atoms with van der Waals surface area (Å²) >= 11 is 0. The number of aromatic nitrogens is 1. The van der Waals surface area contributed by atoms with Crippen LogP contribution < -0.4 is 5.32 Å². The maximum Gasteiger partial charge on any atom is 0.220 e. The van der Waals surface area contributed by atoms with E-state index in [1.165, 1.54) is 0 Å². The number of pyridine rings is 1. The number of aliphatic hydroxyl groups is 1. The molecule has 1 aromatic heterocycles. The molecule has 0 bridgehead atoms. The Balaban J connectivity index is 1.76. The summed E-state index contributed by atoms with van der Waals surface area (Å²) < 4.78 is 0. The van der Waals surface area contributed by atoms with Crippen molar-refractivity contribution in [1.82, 2.24) is 10.3 Å². The van der Waals surface area contributed by atoms with Crippen LogP contribution in [0.3, 0.4) is 0 Å². The van der Waals surface area contributed by atoms with Crippen molar-refractivity contribution in [3.05, 3.63) is 30.1 Å². The van der Waals surface area contributed by atoms with Gasteiger partial charge in [0, 0.05) is 18.8 Å². The van der Waals surface area contributed by atoms with Gasteiger partial charge in [-0.15, -0.1) is 0 Å². The smallest absolute Gasteiger partial charge is 0.220 e. The molecular formula is C12H16N2O2. The zero-order chi connectivity index (χ0) is 11.4. The van der Waals surface area contributed by atoms with Crippen LogP contribution in [0.5, 0.6) is 0 Å². The van der Waals surface area contributed by atoms with Gasteiger partial charge in [0.25, 0.3) is 0 Å². The van der Waals surface area contributed by atoms with E-state index in [0.29, 0.717) is 6.42 Å². The van der Waals surface area contributed by atoms with E-state index in [1.54, 1.807) is 12.4 Å². The number of amides is 1. The summed E-state index contributed by atoms with van der Waals surface area (Å²) in [4.78, 5) is 15.5. The van der Waals surface area contributed by atoms with Gasteiger partial charge in [-0.1, -0.05) is 0 Å². The van der Waals surface area contributed by atoms with Gasteiger partial charge in [0.05, 0.1) is 12.1 Å². The first kappa shape index (κ1) is 11.1. The van der Waals surface area contributed by atoms with E-state index in [-0.39, 0.29) is 18.1 Å². The lowest BCUT2D eigenvalue weighted by molar-refractivity contribution is -0.122. The SMILES string of the molecule is O=C(CCc1ccncc1)NC1(CO)CC1. The van der Waals surface area contributed by atoms with E-state index in [1.807, 2.05) is 12.1 Å². The third kappa shape index (κ3) is 2.79. The molecule has 1 aliphatic rings. The highest BCUT2D eigenvalue weighted by atomic mass is 16.3. The van der Waals surface area contributed by atoms with Crippen LogP contribution in [-0.2, 0) is 11.2 Å². The standard InChI is InChI=1S/C12H16N2O2/c15-9-12(5-6-12)14-11(16)2-1-10-3-7-13-8-4-10/h3-4,7-8,15H,1-2,5-6,9H2,(H,14,16). The predicted molar refractivity (Wildman–Crippen MR) is 59.8 cm³/mol. The summed E-state index contributed by atoms with van der Waals surface area (Å²) in [7, 11) is 0. The zero-order valence-electron chi connectivity index (χ0n) is 9.15. The van der Waals surface area contributed by atoms with Gasteiger partial charge in [0.2, 0.25) is 5.91 Å². The summed E-state index contributed by atoms with van der Waals surface area (Å²) in [5.41, 5.74) is 0.814. The van der Waals surface area contributed by atoms with Crippen LogP contribution in [0, 0.1) is 0 Å². The Morgan fingerprint density at radius 1 is 1.44 bits per heavy atom. The molecule has 0 radical (unpaired) electrons. The summed E-state index contributed by atoms with van der Waals surface area (Å²) in [6.07, 6.45) is 6.42. The maximum absolute atomic E-state index is 11.6. The average molecular weight is 220 g/mol. The molecule has 2 rings (SSSR count). The van der Waals surface area contributed by atoms with Crippen molar-refractivity contribution in [3.8, 4) is 0 Å². The molecule has 1 heterocycles. The number of carbonyl (C=O) groups is 1. The normalized spacial score (nSPS) is 16.8. The maximum atomic E-state index is 11.6. The van der Waals surface area contributed by atoms with Gasteiger partial charge in [0.15, 0.2) is 0 Å². The summed E-state index contributed by atoms with van der Waals surface area (Å²) in [5, 5.41) is 12.0. The number of nitrogens with one attached hydrogen (secondary N) is 1.